The van der Waals surface area contributed by atoms with Gasteiger partial charge in [0.2, 0.25) is 0 Å². The van der Waals surface area contributed by atoms with Crippen molar-refractivity contribution in [2.45, 2.75) is 12.1 Å². The van der Waals surface area contributed by atoms with Crippen molar-refractivity contribution < 1.29 is 18.3 Å². The Balaban J connectivity index is 1.77. The van der Waals surface area contributed by atoms with Gasteiger partial charge < -0.3 is 18.3 Å². The molecule has 0 saturated carbocycles. The lowest BCUT2D eigenvalue weighted by molar-refractivity contribution is -0.0606. The molecular weight excluding hydrogens is 200 g/mol. The Bertz CT molecular complexity index is 193. The van der Waals surface area contributed by atoms with E-state index in [1.54, 1.807) is 7.11 Å². The summed E-state index contributed by atoms with van der Waals surface area (Å²) in [5, 5.41) is 0. The van der Waals surface area contributed by atoms with Gasteiger partial charge in [-0.1, -0.05) is 0 Å². The second-order valence-electron chi connectivity index (χ2n) is 4.17. The van der Waals surface area contributed by atoms with Crippen LogP contribution in [0.5, 0.6) is 0 Å². The average molecular weight is 218 g/mol. The molecule has 2 fully saturated rings. The fourth-order valence-corrected chi connectivity index (χ4v) is 3.64. The summed E-state index contributed by atoms with van der Waals surface area (Å²) < 4.78 is 21.8. The van der Waals surface area contributed by atoms with Crippen LogP contribution in [0, 0.1) is 5.92 Å². The maximum Gasteiger partial charge on any atom is 0.342 e. The lowest BCUT2D eigenvalue weighted by Gasteiger charge is -2.39. The quantitative estimate of drug-likeness (QED) is 0.639. The molecule has 1 atom stereocenters. The molecule has 0 N–H and O–H groups in total. The van der Waals surface area contributed by atoms with E-state index >= 15 is 0 Å². The number of hydrogen-bond donors (Lipinski definition) is 0. The molecule has 0 spiro atoms. The van der Waals surface area contributed by atoms with Crippen molar-refractivity contribution >= 4 is 8.56 Å². The van der Waals surface area contributed by atoms with E-state index in [1.165, 1.54) is 0 Å². The van der Waals surface area contributed by atoms with Gasteiger partial charge in [-0.05, 0) is 6.55 Å². The van der Waals surface area contributed by atoms with E-state index in [-0.39, 0.29) is 0 Å². The maximum atomic E-state index is 5.94. The number of rotatable bonds is 5. The highest BCUT2D eigenvalue weighted by atomic mass is 28.4. The predicted molar refractivity (Wildman–Crippen MR) is 53.5 cm³/mol. The Hall–Kier alpha value is 0.0569. The fourth-order valence-electron chi connectivity index (χ4n) is 1.55. The molecule has 2 rings (SSSR count). The van der Waals surface area contributed by atoms with Crippen LogP contribution in [-0.2, 0) is 18.3 Å². The molecular formula is C9H18O4Si. The number of ether oxygens (including phenoxy) is 2. The van der Waals surface area contributed by atoms with Crippen LogP contribution in [0.25, 0.3) is 0 Å². The van der Waals surface area contributed by atoms with Crippen LogP contribution >= 0.6 is 0 Å². The topological polar surface area (TPSA) is 36.9 Å². The van der Waals surface area contributed by atoms with E-state index in [2.05, 4.69) is 6.55 Å². The summed E-state index contributed by atoms with van der Waals surface area (Å²) in [6, 6.07) is 0. The first-order valence-corrected chi connectivity index (χ1v) is 7.48. The normalized spacial score (nSPS) is 27.9. The van der Waals surface area contributed by atoms with Gasteiger partial charge in [-0.2, -0.15) is 0 Å². The standard InChI is InChI=1S/C9H18O4Si/c1-10-14(2,9-6-12-7-9)13-5-8-3-11-4-8/h8-9H,3-7H2,1-2H3. The molecule has 0 aromatic heterocycles. The first-order valence-electron chi connectivity index (χ1n) is 5.09. The van der Waals surface area contributed by atoms with Gasteiger partial charge >= 0.3 is 8.56 Å². The third-order valence-electron chi connectivity index (χ3n) is 3.10. The van der Waals surface area contributed by atoms with Crippen molar-refractivity contribution in [1.82, 2.24) is 0 Å². The first-order chi connectivity index (χ1) is 6.74. The Morgan fingerprint density at radius 2 is 1.86 bits per heavy atom. The van der Waals surface area contributed by atoms with Gasteiger partial charge in [0, 0.05) is 25.2 Å². The van der Waals surface area contributed by atoms with Crippen molar-refractivity contribution in [3.63, 3.8) is 0 Å². The molecule has 0 radical (unpaired) electrons. The molecule has 5 heteroatoms. The minimum Gasteiger partial charge on any atom is -0.397 e. The van der Waals surface area contributed by atoms with E-state index in [0.29, 0.717) is 11.5 Å². The zero-order valence-electron chi connectivity index (χ0n) is 8.82. The number of hydrogen-bond acceptors (Lipinski definition) is 4. The van der Waals surface area contributed by atoms with E-state index < -0.39 is 8.56 Å². The van der Waals surface area contributed by atoms with Crippen LogP contribution in [0.4, 0.5) is 0 Å². The first kappa shape index (κ1) is 10.6. The van der Waals surface area contributed by atoms with Gasteiger partial charge in [-0.15, -0.1) is 0 Å². The average Bonchev–Trinajstić information content (AvgIpc) is 1.98. The van der Waals surface area contributed by atoms with Crippen molar-refractivity contribution in [3.8, 4) is 0 Å². The molecule has 0 amide bonds. The minimum atomic E-state index is -1.97. The summed E-state index contributed by atoms with van der Waals surface area (Å²) in [4.78, 5) is 0. The summed E-state index contributed by atoms with van der Waals surface area (Å²) >= 11 is 0. The summed E-state index contributed by atoms with van der Waals surface area (Å²) in [7, 11) is -0.214. The van der Waals surface area contributed by atoms with Crippen LogP contribution in [0.15, 0.2) is 0 Å². The summed E-state index contributed by atoms with van der Waals surface area (Å²) in [5.41, 5.74) is 0.508. The van der Waals surface area contributed by atoms with E-state index in [4.69, 9.17) is 18.3 Å². The molecule has 2 aliphatic heterocycles. The van der Waals surface area contributed by atoms with Crippen molar-refractivity contribution in [1.29, 1.82) is 0 Å². The van der Waals surface area contributed by atoms with Gasteiger partial charge in [0.05, 0.1) is 26.4 Å². The Morgan fingerprint density at radius 1 is 1.21 bits per heavy atom. The van der Waals surface area contributed by atoms with Gasteiger partial charge in [0.1, 0.15) is 0 Å². The Labute approximate surface area is 85.7 Å². The predicted octanol–water partition coefficient (Wildman–Crippen LogP) is 0.768. The van der Waals surface area contributed by atoms with Crippen molar-refractivity contribution in [2.75, 3.05) is 40.1 Å². The van der Waals surface area contributed by atoms with Crippen LogP contribution < -0.4 is 0 Å². The third-order valence-corrected chi connectivity index (χ3v) is 6.46. The van der Waals surface area contributed by atoms with E-state index in [1.807, 2.05) is 0 Å². The SMILES string of the molecule is CO[Si](C)(OCC1COC1)C1COC1. The van der Waals surface area contributed by atoms with Crippen LogP contribution in [0.1, 0.15) is 0 Å². The largest absolute Gasteiger partial charge is 0.397 e. The second-order valence-corrected chi connectivity index (χ2v) is 7.71. The Kier molecular flexibility index (Phi) is 3.23. The molecule has 4 nitrogen and oxygen atoms in total. The second kappa shape index (κ2) is 4.28. The molecule has 0 bridgehead atoms. The molecule has 2 aliphatic rings. The van der Waals surface area contributed by atoms with E-state index in [9.17, 15) is 0 Å². The minimum absolute atomic E-state index is 0.508. The van der Waals surface area contributed by atoms with Crippen LogP contribution in [-0.4, -0.2) is 48.7 Å². The highest BCUT2D eigenvalue weighted by Gasteiger charge is 2.45. The highest BCUT2D eigenvalue weighted by molar-refractivity contribution is 6.67. The Morgan fingerprint density at radius 3 is 2.21 bits per heavy atom. The van der Waals surface area contributed by atoms with Crippen LogP contribution in [0.2, 0.25) is 12.1 Å². The lowest BCUT2D eigenvalue weighted by atomic mass is 10.1. The zero-order valence-corrected chi connectivity index (χ0v) is 9.82. The summed E-state index contributed by atoms with van der Waals surface area (Å²) in [6.45, 7) is 6.20. The van der Waals surface area contributed by atoms with Crippen molar-refractivity contribution in [3.05, 3.63) is 0 Å². The summed E-state index contributed by atoms with van der Waals surface area (Å²) in [5.74, 6) is 0.581. The molecule has 82 valence electrons. The zero-order chi connectivity index (χ0) is 10.0. The summed E-state index contributed by atoms with van der Waals surface area (Å²) in [6.07, 6.45) is 0. The van der Waals surface area contributed by atoms with Gasteiger partial charge in [-0.25, -0.2) is 0 Å². The smallest absolute Gasteiger partial charge is 0.342 e. The van der Waals surface area contributed by atoms with Crippen LogP contribution in [0.3, 0.4) is 0 Å². The maximum absolute atomic E-state index is 5.94. The molecule has 2 heterocycles. The molecule has 1 unspecified atom stereocenters. The monoisotopic (exact) mass is 218 g/mol. The highest BCUT2D eigenvalue weighted by Crippen LogP contribution is 2.31. The third kappa shape index (κ3) is 2.01. The molecule has 0 aliphatic carbocycles. The van der Waals surface area contributed by atoms with Gasteiger partial charge in [-0.3, -0.25) is 0 Å². The lowest BCUT2D eigenvalue weighted by Crippen LogP contribution is -2.52. The fraction of sp³-hybridized carbons (Fsp3) is 1.00. The van der Waals surface area contributed by atoms with Crippen molar-refractivity contribution in [2.24, 2.45) is 5.92 Å². The van der Waals surface area contributed by atoms with Gasteiger partial charge in [0.25, 0.3) is 0 Å². The van der Waals surface area contributed by atoms with E-state index in [0.717, 1.165) is 33.0 Å². The van der Waals surface area contributed by atoms with Gasteiger partial charge in [0.15, 0.2) is 0 Å². The molecule has 2 saturated heterocycles. The molecule has 0 aromatic carbocycles. The molecule has 0 aromatic rings. The molecule has 14 heavy (non-hydrogen) atoms.